The minimum atomic E-state index is 0.375. The van der Waals surface area contributed by atoms with Crippen LogP contribution >= 0.6 is 22.9 Å². The van der Waals surface area contributed by atoms with Gasteiger partial charge in [0, 0.05) is 5.02 Å². The maximum absolute atomic E-state index is 8.98. The van der Waals surface area contributed by atoms with E-state index in [9.17, 15) is 0 Å². The van der Waals surface area contributed by atoms with Crippen molar-refractivity contribution in [3.8, 4) is 11.8 Å². The number of aromatic nitrogens is 1. The highest BCUT2D eigenvalue weighted by atomic mass is 35.5. The number of rotatable bonds is 4. The van der Waals surface area contributed by atoms with Crippen molar-refractivity contribution in [1.82, 2.24) is 4.98 Å². The van der Waals surface area contributed by atoms with Gasteiger partial charge < -0.3 is 4.74 Å². The normalized spacial score (nSPS) is 10.2. The molecule has 0 saturated heterocycles. The number of aryl methyl sites for hydroxylation is 2. The SMILES string of the molecule is CCc1nc(COc2ccc(Cl)c(C)c2)sc1C#N. The van der Waals surface area contributed by atoms with Gasteiger partial charge >= 0.3 is 0 Å². The standard InChI is InChI=1S/C14H13ClN2OS/c1-3-12-13(7-16)19-14(17-12)8-18-10-4-5-11(15)9(2)6-10/h4-6H,3,8H2,1-2H3. The summed E-state index contributed by atoms with van der Waals surface area (Å²) in [6, 6.07) is 7.70. The lowest BCUT2D eigenvalue weighted by atomic mass is 10.2. The van der Waals surface area contributed by atoms with Crippen LogP contribution < -0.4 is 4.74 Å². The summed E-state index contributed by atoms with van der Waals surface area (Å²) in [5, 5.41) is 10.5. The van der Waals surface area contributed by atoms with Crippen LogP contribution in [-0.2, 0) is 13.0 Å². The van der Waals surface area contributed by atoms with Crippen molar-refractivity contribution in [2.24, 2.45) is 0 Å². The number of thiazole rings is 1. The van der Waals surface area contributed by atoms with E-state index in [1.54, 1.807) is 0 Å². The third-order valence-corrected chi connectivity index (χ3v) is 4.07. The number of benzene rings is 1. The molecule has 19 heavy (non-hydrogen) atoms. The lowest BCUT2D eigenvalue weighted by Gasteiger charge is -2.05. The fraction of sp³-hybridized carbons (Fsp3) is 0.286. The van der Waals surface area contributed by atoms with Gasteiger partial charge in [-0.15, -0.1) is 11.3 Å². The monoisotopic (exact) mass is 292 g/mol. The molecule has 2 rings (SSSR count). The van der Waals surface area contributed by atoms with Gasteiger partial charge in [-0.3, -0.25) is 0 Å². The molecule has 1 aromatic heterocycles. The summed E-state index contributed by atoms with van der Waals surface area (Å²) in [5.41, 5.74) is 1.82. The Labute approximate surface area is 121 Å². The van der Waals surface area contributed by atoms with E-state index in [0.29, 0.717) is 11.5 Å². The maximum Gasteiger partial charge on any atom is 0.140 e. The van der Waals surface area contributed by atoms with Crippen molar-refractivity contribution in [1.29, 1.82) is 5.26 Å². The molecule has 5 heteroatoms. The van der Waals surface area contributed by atoms with Gasteiger partial charge in [-0.1, -0.05) is 18.5 Å². The fourth-order valence-electron chi connectivity index (χ4n) is 1.64. The van der Waals surface area contributed by atoms with Crippen LogP contribution in [0.2, 0.25) is 5.02 Å². The fourth-order valence-corrected chi connectivity index (χ4v) is 2.62. The van der Waals surface area contributed by atoms with Crippen LogP contribution in [-0.4, -0.2) is 4.98 Å². The molecule has 0 amide bonds. The molecule has 2 aromatic rings. The molecule has 0 bridgehead atoms. The van der Waals surface area contributed by atoms with Crippen LogP contribution in [0, 0.1) is 18.3 Å². The number of hydrogen-bond acceptors (Lipinski definition) is 4. The summed E-state index contributed by atoms with van der Waals surface area (Å²) in [5.74, 6) is 0.758. The van der Waals surface area contributed by atoms with Crippen LogP contribution in [0.3, 0.4) is 0 Å². The third kappa shape index (κ3) is 3.25. The first-order valence-electron chi connectivity index (χ1n) is 5.91. The summed E-state index contributed by atoms with van der Waals surface area (Å²) in [6.45, 7) is 4.30. The van der Waals surface area contributed by atoms with Crippen LogP contribution in [0.1, 0.15) is 28.1 Å². The lowest BCUT2D eigenvalue weighted by molar-refractivity contribution is 0.305. The Morgan fingerprint density at radius 3 is 2.84 bits per heavy atom. The van der Waals surface area contributed by atoms with Crippen molar-refractivity contribution >= 4 is 22.9 Å². The molecule has 0 atom stereocenters. The van der Waals surface area contributed by atoms with E-state index in [-0.39, 0.29) is 0 Å². The van der Waals surface area contributed by atoms with Crippen molar-refractivity contribution in [2.45, 2.75) is 26.9 Å². The summed E-state index contributed by atoms with van der Waals surface area (Å²) < 4.78 is 5.67. The molecule has 0 fully saturated rings. The summed E-state index contributed by atoms with van der Waals surface area (Å²) in [7, 11) is 0. The Bertz CT molecular complexity index is 631. The van der Waals surface area contributed by atoms with Gasteiger partial charge in [-0.05, 0) is 37.1 Å². The average molecular weight is 293 g/mol. The van der Waals surface area contributed by atoms with Gasteiger partial charge in [0.05, 0.1) is 5.69 Å². The van der Waals surface area contributed by atoms with Crippen LogP contribution in [0.15, 0.2) is 18.2 Å². The molecule has 1 heterocycles. The van der Waals surface area contributed by atoms with Crippen LogP contribution in [0.25, 0.3) is 0 Å². The van der Waals surface area contributed by atoms with E-state index in [0.717, 1.165) is 33.5 Å². The van der Waals surface area contributed by atoms with Gasteiger partial charge in [-0.25, -0.2) is 4.98 Å². The van der Waals surface area contributed by atoms with E-state index in [1.165, 1.54) is 11.3 Å². The average Bonchev–Trinajstić information content (AvgIpc) is 2.82. The smallest absolute Gasteiger partial charge is 0.140 e. The quantitative estimate of drug-likeness (QED) is 0.851. The summed E-state index contributed by atoms with van der Waals surface area (Å²) in [6.07, 6.45) is 0.763. The topological polar surface area (TPSA) is 45.9 Å². The molecule has 0 spiro atoms. The molecule has 1 aromatic carbocycles. The second kappa shape index (κ2) is 6.05. The molecule has 0 aliphatic carbocycles. The second-order valence-corrected chi connectivity index (χ2v) is 5.54. The molecule has 0 radical (unpaired) electrons. The Morgan fingerprint density at radius 1 is 1.47 bits per heavy atom. The third-order valence-electron chi connectivity index (χ3n) is 2.67. The van der Waals surface area contributed by atoms with Crippen molar-refractivity contribution < 1.29 is 4.74 Å². The van der Waals surface area contributed by atoms with E-state index in [4.69, 9.17) is 21.6 Å². The highest BCUT2D eigenvalue weighted by Gasteiger charge is 2.09. The minimum Gasteiger partial charge on any atom is -0.486 e. The van der Waals surface area contributed by atoms with Gasteiger partial charge in [-0.2, -0.15) is 5.26 Å². The highest BCUT2D eigenvalue weighted by Crippen LogP contribution is 2.23. The van der Waals surface area contributed by atoms with Crippen molar-refractivity contribution in [2.75, 3.05) is 0 Å². The zero-order chi connectivity index (χ0) is 13.8. The molecule has 0 unspecified atom stereocenters. The predicted octanol–water partition coefficient (Wildman–Crippen LogP) is 4.12. The zero-order valence-electron chi connectivity index (χ0n) is 10.7. The zero-order valence-corrected chi connectivity index (χ0v) is 12.3. The predicted molar refractivity (Wildman–Crippen MR) is 76.7 cm³/mol. The number of nitrogens with zero attached hydrogens (tertiary/aromatic N) is 2. The van der Waals surface area contributed by atoms with Crippen LogP contribution in [0.4, 0.5) is 0 Å². The molecule has 98 valence electrons. The number of halogens is 1. The second-order valence-electron chi connectivity index (χ2n) is 4.05. The largest absolute Gasteiger partial charge is 0.486 e. The molecule has 0 aliphatic heterocycles. The Kier molecular flexibility index (Phi) is 4.41. The first-order chi connectivity index (χ1) is 9.13. The maximum atomic E-state index is 8.98. The lowest BCUT2D eigenvalue weighted by Crippen LogP contribution is -1.95. The van der Waals surface area contributed by atoms with Gasteiger partial charge in [0.1, 0.15) is 28.3 Å². The van der Waals surface area contributed by atoms with Gasteiger partial charge in [0.2, 0.25) is 0 Å². The minimum absolute atomic E-state index is 0.375. The first-order valence-corrected chi connectivity index (χ1v) is 7.11. The number of hydrogen-bond donors (Lipinski definition) is 0. The van der Waals surface area contributed by atoms with Crippen molar-refractivity contribution in [3.05, 3.63) is 44.4 Å². The molecule has 0 saturated carbocycles. The van der Waals surface area contributed by atoms with E-state index in [1.807, 2.05) is 32.0 Å². The Morgan fingerprint density at radius 2 is 2.26 bits per heavy atom. The Hall–Kier alpha value is -1.57. The highest BCUT2D eigenvalue weighted by molar-refractivity contribution is 7.12. The molecular weight excluding hydrogens is 280 g/mol. The van der Waals surface area contributed by atoms with E-state index < -0.39 is 0 Å². The first kappa shape index (κ1) is 13.9. The molecule has 3 nitrogen and oxygen atoms in total. The van der Waals surface area contributed by atoms with E-state index in [2.05, 4.69) is 11.1 Å². The Balaban J connectivity index is 2.08. The molecular formula is C14H13ClN2OS. The van der Waals surface area contributed by atoms with E-state index >= 15 is 0 Å². The number of nitriles is 1. The van der Waals surface area contributed by atoms with Crippen LogP contribution in [0.5, 0.6) is 5.75 Å². The number of ether oxygens (including phenoxy) is 1. The molecule has 0 aliphatic rings. The van der Waals surface area contributed by atoms with Gasteiger partial charge in [0.15, 0.2) is 0 Å². The molecule has 0 N–H and O–H groups in total. The van der Waals surface area contributed by atoms with Crippen molar-refractivity contribution in [3.63, 3.8) is 0 Å². The summed E-state index contributed by atoms with van der Waals surface area (Å²) >= 11 is 7.35. The summed E-state index contributed by atoms with van der Waals surface area (Å²) in [4.78, 5) is 5.07. The van der Waals surface area contributed by atoms with Gasteiger partial charge in [0.25, 0.3) is 0 Å².